The summed E-state index contributed by atoms with van der Waals surface area (Å²) in [6, 6.07) is 15.4. The van der Waals surface area contributed by atoms with Gasteiger partial charge in [-0.15, -0.1) is 0 Å². The monoisotopic (exact) mass is 431 g/mol. The number of carbonyl (C=O) groups excluding carboxylic acids is 2. The van der Waals surface area contributed by atoms with Gasteiger partial charge < -0.3 is 15.5 Å². The number of nitrogens with zero attached hydrogens (tertiary/aromatic N) is 3. The van der Waals surface area contributed by atoms with Crippen LogP contribution in [0.2, 0.25) is 0 Å². The number of likely N-dealkylation sites (tertiary alicyclic amines) is 1. The molecular formula is C25H29N5O2. The Morgan fingerprint density at radius 2 is 1.66 bits per heavy atom. The van der Waals surface area contributed by atoms with Crippen LogP contribution in [0.15, 0.2) is 48.5 Å². The molecule has 2 N–H and O–H groups in total. The molecule has 32 heavy (non-hydrogen) atoms. The first-order chi connectivity index (χ1) is 15.4. The summed E-state index contributed by atoms with van der Waals surface area (Å²) in [5, 5.41) is 10.7. The van der Waals surface area contributed by atoms with Gasteiger partial charge in [-0.05, 0) is 57.9 Å². The largest absolute Gasteiger partial charge is 0.376 e. The van der Waals surface area contributed by atoms with E-state index in [1.807, 2.05) is 72.8 Å². The van der Waals surface area contributed by atoms with E-state index < -0.39 is 0 Å². The Kier molecular flexibility index (Phi) is 6.25. The SMILES string of the molecule is Cc1ccc(-n2nc(C)c(NC(=O)CNc3ccccc3C(=O)N3CCCC3)c2C)cc1. The van der Waals surface area contributed by atoms with E-state index in [9.17, 15) is 9.59 Å². The number of aryl methyl sites for hydroxylation is 2. The highest BCUT2D eigenvalue weighted by molar-refractivity contribution is 6.01. The number of amides is 2. The van der Waals surface area contributed by atoms with Crippen LogP contribution in [0.25, 0.3) is 5.69 Å². The number of para-hydroxylation sites is 1. The maximum absolute atomic E-state index is 12.8. The first-order valence-corrected chi connectivity index (χ1v) is 11.0. The van der Waals surface area contributed by atoms with Crippen molar-refractivity contribution >= 4 is 23.2 Å². The molecule has 4 rings (SSSR count). The van der Waals surface area contributed by atoms with Crippen molar-refractivity contribution in [2.45, 2.75) is 33.6 Å². The van der Waals surface area contributed by atoms with E-state index in [-0.39, 0.29) is 18.4 Å². The number of benzene rings is 2. The molecule has 0 bridgehead atoms. The average molecular weight is 432 g/mol. The van der Waals surface area contributed by atoms with Gasteiger partial charge in [-0.25, -0.2) is 4.68 Å². The fourth-order valence-electron chi connectivity index (χ4n) is 4.03. The molecule has 2 aromatic carbocycles. The molecule has 0 radical (unpaired) electrons. The highest BCUT2D eigenvalue weighted by Gasteiger charge is 2.22. The molecule has 1 aliphatic rings. The second kappa shape index (κ2) is 9.26. The number of aromatic nitrogens is 2. The fourth-order valence-corrected chi connectivity index (χ4v) is 4.03. The molecule has 0 saturated carbocycles. The summed E-state index contributed by atoms with van der Waals surface area (Å²) in [6.45, 7) is 7.49. The lowest BCUT2D eigenvalue weighted by Gasteiger charge is -2.18. The number of hydrogen-bond acceptors (Lipinski definition) is 4. The van der Waals surface area contributed by atoms with Crippen LogP contribution in [0.5, 0.6) is 0 Å². The first kappa shape index (κ1) is 21.6. The minimum absolute atomic E-state index is 0.0112. The molecule has 2 amide bonds. The van der Waals surface area contributed by atoms with Gasteiger partial charge in [0.15, 0.2) is 0 Å². The molecule has 0 atom stereocenters. The standard InChI is InChI=1S/C25H29N5O2/c1-17-10-12-20(13-11-17)30-19(3)24(18(2)28-30)27-23(31)16-26-22-9-5-4-8-21(22)25(32)29-14-6-7-15-29/h4-5,8-13,26H,6-7,14-16H2,1-3H3,(H,27,31). The quantitative estimate of drug-likeness (QED) is 0.616. The lowest BCUT2D eigenvalue weighted by atomic mass is 10.1. The van der Waals surface area contributed by atoms with Crippen molar-refractivity contribution in [2.75, 3.05) is 30.3 Å². The molecule has 166 valence electrons. The van der Waals surface area contributed by atoms with Crippen LogP contribution in [-0.2, 0) is 4.79 Å². The molecule has 3 aromatic rings. The number of rotatable bonds is 6. The number of anilines is 2. The lowest BCUT2D eigenvalue weighted by Crippen LogP contribution is -2.29. The normalized spacial score (nSPS) is 13.3. The van der Waals surface area contributed by atoms with Crippen molar-refractivity contribution in [3.8, 4) is 5.69 Å². The van der Waals surface area contributed by atoms with E-state index in [0.717, 1.165) is 43.0 Å². The van der Waals surface area contributed by atoms with Crippen molar-refractivity contribution in [1.82, 2.24) is 14.7 Å². The molecule has 2 heterocycles. The van der Waals surface area contributed by atoms with Gasteiger partial charge in [0.25, 0.3) is 5.91 Å². The summed E-state index contributed by atoms with van der Waals surface area (Å²) in [5.74, 6) is -0.180. The second-order valence-corrected chi connectivity index (χ2v) is 8.24. The van der Waals surface area contributed by atoms with Gasteiger partial charge in [0.2, 0.25) is 5.91 Å². The summed E-state index contributed by atoms with van der Waals surface area (Å²) < 4.78 is 1.84. The minimum Gasteiger partial charge on any atom is -0.376 e. The van der Waals surface area contributed by atoms with Gasteiger partial charge in [0.05, 0.1) is 34.9 Å². The van der Waals surface area contributed by atoms with Gasteiger partial charge in [0, 0.05) is 18.8 Å². The topological polar surface area (TPSA) is 79.3 Å². The minimum atomic E-state index is -0.192. The van der Waals surface area contributed by atoms with Crippen LogP contribution in [0, 0.1) is 20.8 Å². The van der Waals surface area contributed by atoms with E-state index in [1.54, 1.807) is 6.07 Å². The molecule has 0 aliphatic carbocycles. The van der Waals surface area contributed by atoms with E-state index in [0.29, 0.717) is 16.9 Å². The average Bonchev–Trinajstić information content (AvgIpc) is 3.43. The maximum Gasteiger partial charge on any atom is 0.255 e. The van der Waals surface area contributed by atoms with E-state index in [1.165, 1.54) is 5.56 Å². The van der Waals surface area contributed by atoms with Crippen molar-refractivity contribution in [2.24, 2.45) is 0 Å². The van der Waals surface area contributed by atoms with Gasteiger partial charge in [0.1, 0.15) is 0 Å². The Morgan fingerprint density at radius 1 is 0.969 bits per heavy atom. The van der Waals surface area contributed by atoms with E-state index in [4.69, 9.17) is 0 Å². The second-order valence-electron chi connectivity index (χ2n) is 8.24. The molecule has 0 unspecified atom stereocenters. The Balaban J connectivity index is 1.44. The van der Waals surface area contributed by atoms with Crippen molar-refractivity contribution < 1.29 is 9.59 Å². The molecule has 1 aliphatic heterocycles. The van der Waals surface area contributed by atoms with Gasteiger partial charge in [-0.2, -0.15) is 5.10 Å². The molecule has 1 saturated heterocycles. The van der Waals surface area contributed by atoms with E-state index in [2.05, 4.69) is 15.7 Å². The smallest absolute Gasteiger partial charge is 0.255 e. The van der Waals surface area contributed by atoms with Gasteiger partial charge in [-0.3, -0.25) is 9.59 Å². The third kappa shape index (κ3) is 4.51. The first-order valence-electron chi connectivity index (χ1n) is 11.0. The third-order valence-electron chi connectivity index (χ3n) is 5.82. The molecule has 1 fully saturated rings. The third-order valence-corrected chi connectivity index (χ3v) is 5.82. The molecule has 7 heteroatoms. The Bertz CT molecular complexity index is 1130. The maximum atomic E-state index is 12.8. The van der Waals surface area contributed by atoms with Crippen LogP contribution >= 0.6 is 0 Å². The highest BCUT2D eigenvalue weighted by atomic mass is 16.2. The summed E-state index contributed by atoms with van der Waals surface area (Å²) >= 11 is 0. The molecular weight excluding hydrogens is 402 g/mol. The number of nitrogens with one attached hydrogen (secondary N) is 2. The Hall–Kier alpha value is -3.61. The van der Waals surface area contributed by atoms with Gasteiger partial charge >= 0.3 is 0 Å². The van der Waals surface area contributed by atoms with E-state index >= 15 is 0 Å². The lowest BCUT2D eigenvalue weighted by molar-refractivity contribution is -0.114. The van der Waals surface area contributed by atoms with Gasteiger partial charge in [-0.1, -0.05) is 29.8 Å². The number of hydrogen-bond donors (Lipinski definition) is 2. The highest BCUT2D eigenvalue weighted by Crippen LogP contribution is 2.24. The van der Waals surface area contributed by atoms with Crippen LogP contribution in [0.4, 0.5) is 11.4 Å². The zero-order valence-corrected chi connectivity index (χ0v) is 18.8. The predicted octanol–water partition coefficient (Wildman–Crippen LogP) is 4.08. The summed E-state index contributed by atoms with van der Waals surface area (Å²) in [6.07, 6.45) is 2.08. The Morgan fingerprint density at radius 3 is 2.38 bits per heavy atom. The van der Waals surface area contributed by atoms with Crippen LogP contribution in [0.1, 0.15) is 40.2 Å². The molecule has 7 nitrogen and oxygen atoms in total. The predicted molar refractivity (Wildman–Crippen MR) is 126 cm³/mol. The zero-order chi connectivity index (χ0) is 22.7. The Labute approximate surface area is 188 Å². The van der Waals surface area contributed by atoms with Crippen molar-refractivity contribution in [1.29, 1.82) is 0 Å². The summed E-state index contributed by atoms with van der Waals surface area (Å²) in [7, 11) is 0. The molecule has 1 aromatic heterocycles. The van der Waals surface area contributed by atoms with Crippen LogP contribution in [0.3, 0.4) is 0 Å². The van der Waals surface area contributed by atoms with Crippen molar-refractivity contribution in [3.63, 3.8) is 0 Å². The van der Waals surface area contributed by atoms with Crippen molar-refractivity contribution in [3.05, 3.63) is 71.0 Å². The van der Waals surface area contributed by atoms with Crippen LogP contribution in [-0.4, -0.2) is 46.1 Å². The number of carbonyl (C=O) groups is 2. The van der Waals surface area contributed by atoms with Crippen LogP contribution < -0.4 is 10.6 Å². The summed E-state index contributed by atoms with van der Waals surface area (Å²) in [5.41, 5.74) is 5.72. The fraction of sp³-hybridized carbons (Fsp3) is 0.320. The molecule has 0 spiro atoms. The zero-order valence-electron chi connectivity index (χ0n) is 18.8. The summed E-state index contributed by atoms with van der Waals surface area (Å²) in [4.78, 5) is 27.4.